The molecular formula is C18H19ClFN3O. The number of nitrogens with zero attached hydrogens (tertiary/aromatic N) is 2. The van der Waals surface area contributed by atoms with Gasteiger partial charge in [0.2, 0.25) is 5.91 Å². The summed E-state index contributed by atoms with van der Waals surface area (Å²) in [4.78, 5) is 17.7. The first-order valence-corrected chi connectivity index (χ1v) is 8.33. The van der Waals surface area contributed by atoms with Gasteiger partial charge in [0.25, 0.3) is 0 Å². The number of amides is 1. The van der Waals surface area contributed by atoms with Gasteiger partial charge in [0.05, 0.1) is 5.02 Å². The molecule has 1 N–H and O–H groups in total. The Morgan fingerprint density at radius 3 is 2.88 bits per heavy atom. The summed E-state index contributed by atoms with van der Waals surface area (Å²) in [5.41, 5.74) is 1.60. The molecule has 1 aliphatic heterocycles. The molecule has 0 radical (unpaired) electrons. The van der Waals surface area contributed by atoms with Crippen molar-refractivity contribution >= 4 is 17.5 Å². The summed E-state index contributed by atoms with van der Waals surface area (Å²) in [6.45, 7) is 1.71. The molecule has 1 amide bonds. The van der Waals surface area contributed by atoms with Crippen LogP contribution in [-0.4, -0.2) is 28.4 Å². The quantitative estimate of drug-likeness (QED) is 0.873. The molecule has 3 rings (SSSR count). The normalized spacial score (nSPS) is 17.3. The number of hydrogen-bond donors (Lipinski definition) is 1. The van der Waals surface area contributed by atoms with Crippen molar-refractivity contribution in [2.24, 2.45) is 0 Å². The number of carbonyl (C=O) groups is 1. The van der Waals surface area contributed by atoms with Crippen LogP contribution in [0.1, 0.15) is 24.0 Å². The minimum Gasteiger partial charge on any atom is -0.352 e. The molecule has 0 bridgehead atoms. The van der Waals surface area contributed by atoms with Crippen LogP contribution in [0, 0.1) is 5.82 Å². The van der Waals surface area contributed by atoms with Crippen LogP contribution in [0.2, 0.25) is 5.02 Å². The average molecular weight is 348 g/mol. The lowest BCUT2D eigenvalue weighted by Gasteiger charge is -2.26. The maximum Gasteiger partial charge on any atom is 0.220 e. The molecule has 1 atom stereocenters. The number of benzene rings is 1. The summed E-state index contributed by atoms with van der Waals surface area (Å²) in [5, 5.41) is 3.09. The van der Waals surface area contributed by atoms with Crippen molar-refractivity contribution in [1.82, 2.24) is 15.2 Å². The second-order valence-corrected chi connectivity index (χ2v) is 6.45. The van der Waals surface area contributed by atoms with Crippen molar-refractivity contribution in [3.63, 3.8) is 0 Å². The van der Waals surface area contributed by atoms with Gasteiger partial charge < -0.3 is 5.32 Å². The molecular weight excluding hydrogens is 329 g/mol. The Bertz CT molecular complexity index is 711. The highest BCUT2D eigenvalue weighted by Gasteiger charge is 2.24. The van der Waals surface area contributed by atoms with E-state index in [4.69, 9.17) is 11.6 Å². The van der Waals surface area contributed by atoms with Crippen LogP contribution in [0.4, 0.5) is 4.39 Å². The van der Waals surface area contributed by atoms with Crippen molar-refractivity contribution in [2.75, 3.05) is 6.54 Å². The fourth-order valence-corrected chi connectivity index (χ4v) is 3.17. The van der Waals surface area contributed by atoms with Gasteiger partial charge in [-0.3, -0.25) is 14.7 Å². The highest BCUT2D eigenvalue weighted by Crippen LogP contribution is 2.21. The largest absolute Gasteiger partial charge is 0.352 e. The summed E-state index contributed by atoms with van der Waals surface area (Å²) >= 11 is 5.89. The van der Waals surface area contributed by atoms with E-state index in [-0.39, 0.29) is 22.8 Å². The van der Waals surface area contributed by atoms with E-state index in [0.717, 1.165) is 12.0 Å². The predicted octanol–water partition coefficient (Wildman–Crippen LogP) is 3.15. The first-order valence-electron chi connectivity index (χ1n) is 7.95. The topological polar surface area (TPSA) is 45.2 Å². The van der Waals surface area contributed by atoms with Gasteiger partial charge in [0.15, 0.2) is 0 Å². The molecule has 6 heteroatoms. The van der Waals surface area contributed by atoms with E-state index in [9.17, 15) is 9.18 Å². The van der Waals surface area contributed by atoms with E-state index in [1.165, 1.54) is 0 Å². The van der Waals surface area contributed by atoms with Crippen LogP contribution in [-0.2, 0) is 17.9 Å². The van der Waals surface area contributed by atoms with E-state index in [2.05, 4.69) is 15.2 Å². The third-order valence-electron chi connectivity index (χ3n) is 4.12. The number of rotatable bonds is 6. The lowest BCUT2D eigenvalue weighted by atomic mass is 10.1. The molecule has 1 fully saturated rings. The van der Waals surface area contributed by atoms with Gasteiger partial charge in [-0.05, 0) is 24.1 Å². The zero-order valence-corrected chi connectivity index (χ0v) is 14.0. The molecule has 0 saturated carbocycles. The zero-order chi connectivity index (χ0) is 16.9. The molecule has 2 aromatic rings. The third kappa shape index (κ3) is 4.30. The Balaban J connectivity index is 1.75. The molecule has 0 unspecified atom stereocenters. The number of carbonyl (C=O) groups excluding carboxylic acids is 1. The molecule has 1 aliphatic rings. The molecule has 2 heterocycles. The number of aromatic nitrogens is 1. The van der Waals surface area contributed by atoms with Gasteiger partial charge in [0.1, 0.15) is 5.82 Å². The molecule has 1 aromatic heterocycles. The summed E-state index contributed by atoms with van der Waals surface area (Å²) < 4.78 is 14.2. The molecule has 0 aliphatic carbocycles. The Morgan fingerprint density at radius 1 is 1.29 bits per heavy atom. The second-order valence-electron chi connectivity index (χ2n) is 6.05. The third-order valence-corrected chi connectivity index (χ3v) is 4.41. The smallest absolute Gasteiger partial charge is 0.220 e. The SMILES string of the molecule is O=C1CC[C@@H](CN(Cc2cccnc2)Cc2cccc(Cl)c2F)N1. The standard InChI is InChI=1S/C18H19ClFN3O/c19-16-5-1-4-14(18(16)20)11-23(10-13-3-2-8-21-9-13)12-15-6-7-17(24)22-15/h1-5,8-9,15H,6-7,10-12H2,(H,22,24)/t15-/m0/s1. The summed E-state index contributed by atoms with van der Waals surface area (Å²) in [6.07, 6.45) is 4.88. The van der Waals surface area contributed by atoms with Gasteiger partial charge in [0, 0.05) is 50.1 Å². The first kappa shape index (κ1) is 16.9. The van der Waals surface area contributed by atoms with Crippen LogP contribution >= 0.6 is 11.6 Å². The van der Waals surface area contributed by atoms with Gasteiger partial charge >= 0.3 is 0 Å². The number of nitrogens with one attached hydrogen (secondary N) is 1. The Kier molecular flexibility index (Phi) is 5.43. The van der Waals surface area contributed by atoms with E-state index in [0.29, 0.717) is 31.6 Å². The molecule has 1 aromatic carbocycles. The van der Waals surface area contributed by atoms with Crippen molar-refractivity contribution in [1.29, 1.82) is 0 Å². The molecule has 0 spiro atoms. The van der Waals surface area contributed by atoms with Gasteiger partial charge in [-0.25, -0.2) is 4.39 Å². The first-order chi connectivity index (χ1) is 11.6. The minimum absolute atomic E-state index is 0.0789. The average Bonchev–Trinajstić information content (AvgIpc) is 2.98. The minimum atomic E-state index is -0.384. The Hall–Kier alpha value is -1.98. The van der Waals surface area contributed by atoms with Crippen molar-refractivity contribution < 1.29 is 9.18 Å². The summed E-state index contributed by atoms with van der Waals surface area (Å²) in [7, 11) is 0. The van der Waals surface area contributed by atoms with Crippen LogP contribution < -0.4 is 5.32 Å². The predicted molar refractivity (Wildman–Crippen MR) is 90.9 cm³/mol. The van der Waals surface area contributed by atoms with Gasteiger partial charge in [-0.2, -0.15) is 0 Å². The maximum atomic E-state index is 14.2. The van der Waals surface area contributed by atoms with Crippen LogP contribution in [0.5, 0.6) is 0 Å². The van der Waals surface area contributed by atoms with E-state index < -0.39 is 0 Å². The van der Waals surface area contributed by atoms with Crippen LogP contribution in [0.3, 0.4) is 0 Å². The maximum absolute atomic E-state index is 14.2. The van der Waals surface area contributed by atoms with Gasteiger partial charge in [-0.1, -0.05) is 29.8 Å². The van der Waals surface area contributed by atoms with E-state index in [1.54, 1.807) is 30.6 Å². The van der Waals surface area contributed by atoms with Crippen LogP contribution in [0.25, 0.3) is 0 Å². The monoisotopic (exact) mass is 347 g/mol. The van der Waals surface area contributed by atoms with Crippen molar-refractivity contribution in [2.45, 2.75) is 32.0 Å². The van der Waals surface area contributed by atoms with E-state index in [1.807, 2.05) is 12.1 Å². The van der Waals surface area contributed by atoms with E-state index >= 15 is 0 Å². The molecule has 24 heavy (non-hydrogen) atoms. The summed E-state index contributed by atoms with van der Waals surface area (Å²) in [6, 6.07) is 9.00. The fourth-order valence-electron chi connectivity index (χ4n) is 2.97. The van der Waals surface area contributed by atoms with Gasteiger partial charge in [-0.15, -0.1) is 0 Å². The number of halogens is 2. The summed E-state index contributed by atoms with van der Waals surface area (Å²) in [5.74, 6) is -0.305. The lowest BCUT2D eigenvalue weighted by molar-refractivity contribution is -0.119. The van der Waals surface area contributed by atoms with Crippen LogP contribution in [0.15, 0.2) is 42.7 Å². The zero-order valence-electron chi connectivity index (χ0n) is 13.2. The van der Waals surface area contributed by atoms with Crippen molar-refractivity contribution in [3.05, 3.63) is 64.7 Å². The second kappa shape index (κ2) is 7.73. The number of pyridine rings is 1. The van der Waals surface area contributed by atoms with Crippen molar-refractivity contribution in [3.8, 4) is 0 Å². The molecule has 4 nitrogen and oxygen atoms in total. The Labute approximate surface area is 145 Å². The molecule has 1 saturated heterocycles. The number of hydrogen-bond acceptors (Lipinski definition) is 3. The highest BCUT2D eigenvalue weighted by molar-refractivity contribution is 6.30. The highest BCUT2D eigenvalue weighted by atomic mass is 35.5. The fraction of sp³-hybridized carbons (Fsp3) is 0.333. The Morgan fingerprint density at radius 2 is 2.17 bits per heavy atom. The lowest BCUT2D eigenvalue weighted by Crippen LogP contribution is -2.38. The molecule has 126 valence electrons.